The largest absolute Gasteiger partial charge is 0.369 e. The van der Waals surface area contributed by atoms with Gasteiger partial charge in [0, 0.05) is 50.7 Å². The van der Waals surface area contributed by atoms with Crippen LogP contribution in [0, 0.1) is 0 Å². The van der Waals surface area contributed by atoms with Gasteiger partial charge < -0.3 is 10.2 Å². The zero-order chi connectivity index (χ0) is 15.5. The molecule has 1 fully saturated rings. The molecular formula is C15H26ClN5. The Morgan fingerprint density at radius 1 is 1.19 bits per heavy atom. The molecule has 1 aliphatic heterocycles. The molecule has 1 aromatic heterocycles. The minimum Gasteiger partial charge on any atom is -0.369 e. The molecule has 0 atom stereocenters. The number of anilines is 1. The Bertz CT molecular complexity index is 464. The summed E-state index contributed by atoms with van der Waals surface area (Å²) >= 11 is 6.09. The van der Waals surface area contributed by atoms with Gasteiger partial charge in [0.25, 0.3) is 0 Å². The second-order valence-corrected chi connectivity index (χ2v) is 7.11. The van der Waals surface area contributed by atoms with Gasteiger partial charge in [0.1, 0.15) is 16.8 Å². The third-order valence-corrected chi connectivity index (χ3v) is 3.89. The van der Waals surface area contributed by atoms with Gasteiger partial charge in [-0.15, -0.1) is 0 Å². The summed E-state index contributed by atoms with van der Waals surface area (Å²) in [5, 5.41) is 3.86. The lowest BCUT2D eigenvalue weighted by Crippen LogP contribution is -2.45. The van der Waals surface area contributed by atoms with Crippen LogP contribution in [-0.4, -0.2) is 66.1 Å². The van der Waals surface area contributed by atoms with Crippen LogP contribution < -0.4 is 5.32 Å². The Labute approximate surface area is 132 Å². The maximum absolute atomic E-state index is 6.09. The van der Waals surface area contributed by atoms with E-state index in [0.29, 0.717) is 5.15 Å². The molecule has 2 rings (SSSR count). The molecule has 2 heterocycles. The van der Waals surface area contributed by atoms with E-state index in [-0.39, 0.29) is 5.41 Å². The molecular weight excluding hydrogens is 286 g/mol. The van der Waals surface area contributed by atoms with Gasteiger partial charge in [0.05, 0.1) is 0 Å². The quantitative estimate of drug-likeness (QED) is 0.863. The Balaban J connectivity index is 1.87. The van der Waals surface area contributed by atoms with E-state index in [0.717, 1.165) is 50.9 Å². The Morgan fingerprint density at radius 3 is 2.48 bits per heavy atom. The van der Waals surface area contributed by atoms with Gasteiger partial charge in [0.15, 0.2) is 0 Å². The second kappa shape index (κ2) is 6.90. The topological polar surface area (TPSA) is 44.3 Å². The monoisotopic (exact) mass is 311 g/mol. The van der Waals surface area contributed by atoms with Crippen molar-refractivity contribution < 1.29 is 0 Å². The summed E-state index contributed by atoms with van der Waals surface area (Å²) < 4.78 is 0. The first-order valence-corrected chi connectivity index (χ1v) is 7.92. The van der Waals surface area contributed by atoms with Crippen LogP contribution in [-0.2, 0) is 5.41 Å². The fourth-order valence-electron chi connectivity index (χ4n) is 2.26. The molecule has 0 unspecified atom stereocenters. The zero-order valence-electron chi connectivity index (χ0n) is 13.5. The number of aromatic nitrogens is 2. The zero-order valence-corrected chi connectivity index (χ0v) is 14.2. The van der Waals surface area contributed by atoms with Gasteiger partial charge in [0.2, 0.25) is 0 Å². The number of rotatable bonds is 4. The molecule has 1 aromatic rings. The molecule has 0 radical (unpaired) electrons. The lowest BCUT2D eigenvalue weighted by molar-refractivity contribution is 0.158. The molecule has 6 heteroatoms. The smallest absolute Gasteiger partial charge is 0.137 e. The normalized spacial score (nSPS) is 18.0. The van der Waals surface area contributed by atoms with Crippen molar-refractivity contribution in [1.29, 1.82) is 0 Å². The summed E-state index contributed by atoms with van der Waals surface area (Å²) in [4.78, 5) is 13.7. The molecule has 0 aliphatic carbocycles. The second-order valence-electron chi connectivity index (χ2n) is 6.72. The molecule has 1 aliphatic rings. The highest BCUT2D eigenvalue weighted by Crippen LogP contribution is 2.22. The van der Waals surface area contributed by atoms with Crippen molar-refractivity contribution in [3.8, 4) is 0 Å². The molecule has 0 saturated carbocycles. The molecule has 0 aromatic carbocycles. The van der Waals surface area contributed by atoms with Crippen molar-refractivity contribution >= 4 is 17.4 Å². The van der Waals surface area contributed by atoms with Crippen molar-refractivity contribution in [2.75, 3.05) is 51.6 Å². The van der Waals surface area contributed by atoms with Gasteiger partial charge in [-0.1, -0.05) is 32.4 Å². The van der Waals surface area contributed by atoms with E-state index in [1.54, 1.807) is 6.07 Å². The number of hydrogen-bond acceptors (Lipinski definition) is 5. The average Bonchev–Trinajstić information content (AvgIpc) is 2.39. The van der Waals surface area contributed by atoms with E-state index in [4.69, 9.17) is 11.6 Å². The van der Waals surface area contributed by atoms with E-state index < -0.39 is 0 Å². The summed E-state index contributed by atoms with van der Waals surface area (Å²) in [6, 6.07) is 1.79. The van der Waals surface area contributed by atoms with Crippen molar-refractivity contribution in [1.82, 2.24) is 19.8 Å². The first kappa shape index (κ1) is 16.5. The number of nitrogens with one attached hydrogen (secondary N) is 1. The third-order valence-electron chi connectivity index (χ3n) is 3.70. The van der Waals surface area contributed by atoms with Crippen molar-refractivity contribution in [2.24, 2.45) is 0 Å². The summed E-state index contributed by atoms with van der Waals surface area (Å²) in [6.45, 7) is 12.7. The summed E-state index contributed by atoms with van der Waals surface area (Å²) in [7, 11) is 2.17. The van der Waals surface area contributed by atoms with Crippen LogP contribution in [0.5, 0.6) is 0 Å². The van der Waals surface area contributed by atoms with Crippen LogP contribution in [0.4, 0.5) is 5.82 Å². The maximum Gasteiger partial charge on any atom is 0.137 e. The highest BCUT2D eigenvalue weighted by Gasteiger charge is 2.19. The van der Waals surface area contributed by atoms with Crippen LogP contribution in [0.3, 0.4) is 0 Å². The molecule has 1 saturated heterocycles. The summed E-state index contributed by atoms with van der Waals surface area (Å²) in [5.41, 5.74) is -0.0984. The molecule has 0 spiro atoms. The van der Waals surface area contributed by atoms with E-state index in [2.05, 4.69) is 52.9 Å². The summed E-state index contributed by atoms with van der Waals surface area (Å²) in [6.07, 6.45) is 0. The highest BCUT2D eigenvalue weighted by molar-refractivity contribution is 6.29. The highest BCUT2D eigenvalue weighted by atomic mass is 35.5. The van der Waals surface area contributed by atoms with Gasteiger partial charge in [-0.3, -0.25) is 4.90 Å². The van der Waals surface area contributed by atoms with E-state index in [1.165, 1.54) is 0 Å². The van der Waals surface area contributed by atoms with Crippen LogP contribution in [0.15, 0.2) is 6.07 Å². The fraction of sp³-hybridized carbons (Fsp3) is 0.733. The molecule has 1 N–H and O–H groups in total. The number of nitrogens with zero attached hydrogens (tertiary/aromatic N) is 4. The first-order valence-electron chi connectivity index (χ1n) is 7.54. The molecule has 21 heavy (non-hydrogen) atoms. The number of piperazine rings is 1. The van der Waals surface area contributed by atoms with Gasteiger partial charge >= 0.3 is 0 Å². The van der Waals surface area contributed by atoms with Gasteiger partial charge in [-0.25, -0.2) is 9.97 Å². The van der Waals surface area contributed by atoms with Gasteiger partial charge in [-0.05, 0) is 7.05 Å². The van der Waals surface area contributed by atoms with E-state index >= 15 is 0 Å². The van der Waals surface area contributed by atoms with Gasteiger partial charge in [-0.2, -0.15) is 0 Å². The number of halogens is 1. The minimum atomic E-state index is -0.0984. The average molecular weight is 312 g/mol. The summed E-state index contributed by atoms with van der Waals surface area (Å²) in [5.74, 6) is 1.59. The third kappa shape index (κ3) is 5.09. The molecule has 118 valence electrons. The number of likely N-dealkylation sites (N-methyl/N-ethyl adjacent to an activating group) is 1. The molecule has 0 amide bonds. The lowest BCUT2D eigenvalue weighted by Gasteiger charge is -2.32. The molecule has 5 nitrogen and oxygen atoms in total. The van der Waals surface area contributed by atoms with E-state index in [1.807, 2.05) is 0 Å². The standard InChI is InChI=1S/C15H26ClN5/c1-15(2,3)14-18-12(16)11-13(19-14)17-5-6-21-9-7-20(4)8-10-21/h11H,5-10H2,1-4H3,(H,17,18,19). The van der Waals surface area contributed by atoms with Crippen LogP contribution in [0.25, 0.3) is 0 Å². The van der Waals surface area contributed by atoms with Crippen molar-refractivity contribution in [3.05, 3.63) is 17.0 Å². The van der Waals surface area contributed by atoms with Crippen molar-refractivity contribution in [3.63, 3.8) is 0 Å². The minimum absolute atomic E-state index is 0.0984. The van der Waals surface area contributed by atoms with Crippen molar-refractivity contribution in [2.45, 2.75) is 26.2 Å². The Morgan fingerprint density at radius 2 is 1.86 bits per heavy atom. The maximum atomic E-state index is 6.09. The Hall–Kier alpha value is -0.910. The van der Waals surface area contributed by atoms with Crippen LogP contribution in [0.1, 0.15) is 26.6 Å². The molecule has 0 bridgehead atoms. The van der Waals surface area contributed by atoms with Crippen LogP contribution in [0.2, 0.25) is 5.15 Å². The SMILES string of the molecule is CN1CCN(CCNc2cc(Cl)nc(C(C)(C)C)n2)CC1. The fourth-order valence-corrected chi connectivity index (χ4v) is 2.44. The lowest BCUT2D eigenvalue weighted by atomic mass is 9.96. The Kier molecular flexibility index (Phi) is 5.41. The predicted octanol–water partition coefficient (Wildman–Crippen LogP) is 2.09. The van der Waals surface area contributed by atoms with E-state index in [9.17, 15) is 0 Å². The van der Waals surface area contributed by atoms with Crippen LogP contribution >= 0.6 is 11.6 Å². The predicted molar refractivity (Wildman–Crippen MR) is 88.2 cm³/mol. The number of hydrogen-bond donors (Lipinski definition) is 1. The first-order chi connectivity index (χ1) is 9.84.